The average molecular weight is 428 g/mol. The van der Waals surface area contributed by atoms with Crippen molar-refractivity contribution in [2.45, 2.75) is 6.54 Å². The summed E-state index contributed by atoms with van der Waals surface area (Å²) in [5, 5.41) is 9.97. The molecule has 25 heavy (non-hydrogen) atoms. The second-order valence-electron chi connectivity index (χ2n) is 5.09. The Morgan fingerprint density at radius 1 is 1.56 bits per heavy atom. The van der Waals surface area contributed by atoms with Gasteiger partial charge in [0.2, 0.25) is 0 Å². The van der Waals surface area contributed by atoms with Crippen LogP contribution in [-0.4, -0.2) is 15.6 Å². The molecule has 9 heteroatoms. The Balaban J connectivity index is 1.90. The first-order chi connectivity index (χ1) is 11.8. The number of amidine groups is 1. The van der Waals surface area contributed by atoms with Gasteiger partial charge in [-0.15, -0.1) is 0 Å². The number of nitrogens with one attached hydrogen (secondary N) is 2. The maximum Gasteiger partial charge on any atom is 0.141 e. The van der Waals surface area contributed by atoms with Crippen molar-refractivity contribution >= 4 is 39.1 Å². The smallest absolute Gasteiger partial charge is 0.141 e. The molecule has 0 aliphatic carbocycles. The minimum absolute atomic E-state index is 0.0290. The highest BCUT2D eigenvalue weighted by atomic mass is 79.9. The predicted molar refractivity (Wildman–Crippen MR) is 103 cm³/mol. The van der Waals surface area contributed by atoms with Crippen LogP contribution in [0.3, 0.4) is 0 Å². The standard InChI is InChI=1S/C16H17BrClFN6/c1-10(24-12-3-4-15(19)14(18)5-12)21-8-13(17)16(20)22-6-11-7-23-25(2)9-11/h3-5,7-9,21,24H,1,6H2,2H3,(H2,20,22). The molecule has 0 fully saturated rings. The van der Waals surface area contributed by atoms with Gasteiger partial charge in [0.1, 0.15) is 11.7 Å². The Labute approximate surface area is 158 Å². The van der Waals surface area contributed by atoms with E-state index in [1.165, 1.54) is 12.1 Å². The molecule has 0 aliphatic heterocycles. The number of nitrogens with zero attached hydrogens (tertiary/aromatic N) is 3. The number of anilines is 1. The molecule has 0 spiro atoms. The van der Waals surface area contributed by atoms with Crippen molar-refractivity contribution in [1.82, 2.24) is 15.1 Å². The van der Waals surface area contributed by atoms with Gasteiger partial charge in [0.25, 0.3) is 0 Å². The Kier molecular flexibility index (Phi) is 6.60. The summed E-state index contributed by atoms with van der Waals surface area (Å²) in [7, 11) is 1.84. The molecule has 132 valence electrons. The van der Waals surface area contributed by atoms with E-state index in [-0.39, 0.29) is 5.02 Å². The predicted octanol–water partition coefficient (Wildman–Crippen LogP) is 3.48. The fourth-order valence-electron chi connectivity index (χ4n) is 1.81. The first-order valence-corrected chi connectivity index (χ1v) is 8.33. The van der Waals surface area contributed by atoms with Crippen molar-refractivity contribution in [2.75, 3.05) is 5.32 Å². The summed E-state index contributed by atoms with van der Waals surface area (Å²) in [6, 6.07) is 4.29. The quantitative estimate of drug-likeness (QED) is 0.467. The number of rotatable bonds is 7. The van der Waals surface area contributed by atoms with Crippen LogP contribution in [0.15, 0.2) is 58.7 Å². The van der Waals surface area contributed by atoms with Gasteiger partial charge in [0.05, 0.1) is 28.1 Å². The molecule has 6 nitrogen and oxygen atoms in total. The summed E-state index contributed by atoms with van der Waals surface area (Å²) in [4.78, 5) is 4.27. The zero-order chi connectivity index (χ0) is 18.4. The second kappa shape index (κ2) is 8.68. The monoisotopic (exact) mass is 426 g/mol. The Bertz CT molecular complexity index is 830. The molecular weight excluding hydrogens is 411 g/mol. The van der Waals surface area contributed by atoms with Crippen LogP contribution in [0, 0.1) is 5.82 Å². The lowest BCUT2D eigenvalue weighted by atomic mass is 10.3. The van der Waals surface area contributed by atoms with Crippen LogP contribution in [0.4, 0.5) is 10.1 Å². The highest BCUT2D eigenvalue weighted by Gasteiger charge is 2.03. The normalized spacial score (nSPS) is 12.2. The molecule has 1 aromatic heterocycles. The summed E-state index contributed by atoms with van der Waals surface area (Å²) in [6.45, 7) is 4.24. The van der Waals surface area contributed by atoms with Crippen molar-refractivity contribution in [1.29, 1.82) is 0 Å². The van der Waals surface area contributed by atoms with E-state index >= 15 is 0 Å². The van der Waals surface area contributed by atoms with E-state index in [2.05, 4.69) is 43.2 Å². The minimum Gasteiger partial charge on any atom is -0.383 e. The number of aromatic nitrogens is 2. The molecule has 0 atom stereocenters. The Hall–Kier alpha value is -2.32. The highest BCUT2D eigenvalue weighted by Crippen LogP contribution is 2.20. The summed E-state index contributed by atoms with van der Waals surface area (Å²) < 4.78 is 15.4. The van der Waals surface area contributed by atoms with E-state index < -0.39 is 5.82 Å². The largest absolute Gasteiger partial charge is 0.383 e. The third-order valence-electron chi connectivity index (χ3n) is 3.02. The fraction of sp³-hybridized carbons (Fsp3) is 0.125. The SMILES string of the molecule is C=C(NC=C(Br)C(N)=NCc1cnn(C)c1)Nc1ccc(F)c(Cl)c1. The average Bonchev–Trinajstić information content (AvgIpc) is 2.99. The number of aliphatic imine (C=N–C) groups is 1. The number of hydrogen-bond acceptors (Lipinski definition) is 4. The van der Waals surface area contributed by atoms with Crippen LogP contribution in [0.25, 0.3) is 0 Å². The maximum atomic E-state index is 13.1. The van der Waals surface area contributed by atoms with Gasteiger partial charge in [-0.25, -0.2) is 4.39 Å². The number of halogens is 3. The van der Waals surface area contributed by atoms with E-state index in [9.17, 15) is 4.39 Å². The molecule has 2 rings (SSSR count). The minimum atomic E-state index is -0.481. The lowest BCUT2D eigenvalue weighted by Crippen LogP contribution is -2.17. The zero-order valence-corrected chi connectivity index (χ0v) is 15.8. The first kappa shape index (κ1) is 19.0. The van der Waals surface area contributed by atoms with Gasteiger partial charge in [-0.05, 0) is 34.1 Å². The zero-order valence-electron chi connectivity index (χ0n) is 13.4. The second-order valence-corrected chi connectivity index (χ2v) is 6.35. The van der Waals surface area contributed by atoms with Crippen molar-refractivity contribution in [3.63, 3.8) is 0 Å². The molecule has 0 bridgehead atoms. The number of hydrogen-bond donors (Lipinski definition) is 3. The van der Waals surface area contributed by atoms with Crippen molar-refractivity contribution in [2.24, 2.45) is 17.8 Å². The summed E-state index contributed by atoms with van der Waals surface area (Å²) in [6.07, 6.45) is 5.20. The van der Waals surface area contributed by atoms with Gasteiger partial charge in [-0.2, -0.15) is 5.10 Å². The molecule has 2 aromatic rings. The third-order valence-corrected chi connectivity index (χ3v) is 3.95. The van der Waals surface area contributed by atoms with Gasteiger partial charge in [-0.1, -0.05) is 18.2 Å². The highest BCUT2D eigenvalue weighted by molar-refractivity contribution is 9.12. The lowest BCUT2D eigenvalue weighted by Gasteiger charge is -2.10. The van der Waals surface area contributed by atoms with E-state index in [1.807, 2.05) is 13.2 Å². The number of aryl methyl sites for hydroxylation is 1. The first-order valence-electron chi connectivity index (χ1n) is 7.16. The molecule has 0 unspecified atom stereocenters. The molecule has 4 N–H and O–H groups in total. The molecule has 1 heterocycles. The Morgan fingerprint density at radius 2 is 2.32 bits per heavy atom. The van der Waals surface area contributed by atoms with E-state index in [1.54, 1.807) is 23.1 Å². The van der Waals surface area contributed by atoms with Crippen LogP contribution in [0.1, 0.15) is 5.56 Å². The topological polar surface area (TPSA) is 80.3 Å². The molecule has 0 aliphatic rings. The van der Waals surface area contributed by atoms with Gasteiger partial charge < -0.3 is 16.4 Å². The maximum absolute atomic E-state index is 13.1. The van der Waals surface area contributed by atoms with Crippen molar-refractivity contribution < 1.29 is 4.39 Å². The Morgan fingerprint density at radius 3 is 2.96 bits per heavy atom. The summed E-state index contributed by atoms with van der Waals surface area (Å²) in [5.74, 6) is 0.305. The number of nitrogens with two attached hydrogens (primary N) is 1. The number of benzene rings is 1. The molecule has 1 aromatic carbocycles. The van der Waals surface area contributed by atoms with Crippen LogP contribution in [0.5, 0.6) is 0 Å². The lowest BCUT2D eigenvalue weighted by molar-refractivity contribution is 0.628. The molecule has 0 saturated heterocycles. The van der Waals surface area contributed by atoms with Crippen molar-refractivity contribution in [3.8, 4) is 0 Å². The van der Waals surface area contributed by atoms with E-state index in [4.69, 9.17) is 17.3 Å². The van der Waals surface area contributed by atoms with E-state index in [0.717, 1.165) is 5.56 Å². The van der Waals surface area contributed by atoms with Gasteiger partial charge in [0, 0.05) is 30.7 Å². The van der Waals surface area contributed by atoms with Gasteiger partial charge in [-0.3, -0.25) is 9.67 Å². The van der Waals surface area contributed by atoms with Crippen molar-refractivity contribution in [3.05, 3.63) is 70.1 Å². The van der Waals surface area contributed by atoms with Gasteiger partial charge >= 0.3 is 0 Å². The van der Waals surface area contributed by atoms with E-state index in [0.29, 0.717) is 28.4 Å². The fourth-order valence-corrected chi connectivity index (χ4v) is 2.23. The van der Waals surface area contributed by atoms with Crippen LogP contribution < -0.4 is 16.4 Å². The third kappa shape index (κ3) is 5.91. The van der Waals surface area contributed by atoms with Crippen LogP contribution >= 0.6 is 27.5 Å². The molecule has 0 radical (unpaired) electrons. The van der Waals surface area contributed by atoms with Crippen LogP contribution in [-0.2, 0) is 13.6 Å². The molecule has 0 saturated carbocycles. The molecular formula is C16H17BrClFN6. The summed E-state index contributed by atoms with van der Waals surface area (Å²) >= 11 is 9.07. The van der Waals surface area contributed by atoms with Crippen LogP contribution in [0.2, 0.25) is 5.02 Å². The van der Waals surface area contributed by atoms with Gasteiger partial charge in [0.15, 0.2) is 0 Å². The molecule has 0 amide bonds. The summed E-state index contributed by atoms with van der Waals surface area (Å²) in [5.41, 5.74) is 7.47.